The number of rotatable bonds is 5. The normalized spacial score (nSPS) is 15.8. The van der Waals surface area contributed by atoms with Crippen molar-refractivity contribution in [2.24, 2.45) is 0 Å². The Balaban J connectivity index is 1.56. The van der Waals surface area contributed by atoms with Crippen LogP contribution in [0.3, 0.4) is 0 Å². The SMILES string of the molecule is CN(c1ccccc1)S(=O)(=O)c1cccc(NC(=O)[C@@H]2CCCc3ccccc32)c1. The predicted octanol–water partition coefficient (Wildman–Crippen LogP) is 4.57. The first-order chi connectivity index (χ1) is 14.5. The standard InChI is InChI=1S/C24H24N2O3S/c1-26(20-12-3-2-4-13-20)30(28,29)21-14-8-11-19(17-21)25-24(27)23-16-7-10-18-9-5-6-15-22(18)23/h2-6,8-9,11-15,17,23H,7,10,16H2,1H3,(H,25,27)/t23-/m1/s1. The summed E-state index contributed by atoms with van der Waals surface area (Å²) in [4.78, 5) is 13.1. The van der Waals surface area contributed by atoms with E-state index in [1.807, 2.05) is 24.3 Å². The Bertz CT molecular complexity index is 1160. The average molecular weight is 421 g/mol. The molecule has 0 saturated carbocycles. The van der Waals surface area contributed by atoms with E-state index in [-0.39, 0.29) is 16.7 Å². The van der Waals surface area contributed by atoms with Gasteiger partial charge in [-0.1, -0.05) is 48.5 Å². The van der Waals surface area contributed by atoms with Crippen molar-refractivity contribution in [3.63, 3.8) is 0 Å². The van der Waals surface area contributed by atoms with Gasteiger partial charge in [-0.15, -0.1) is 0 Å². The molecule has 4 rings (SSSR count). The second-order valence-corrected chi connectivity index (χ2v) is 9.44. The van der Waals surface area contributed by atoms with Crippen molar-refractivity contribution in [3.8, 4) is 0 Å². The van der Waals surface area contributed by atoms with Gasteiger partial charge < -0.3 is 5.32 Å². The van der Waals surface area contributed by atoms with Crippen LogP contribution in [-0.4, -0.2) is 21.4 Å². The van der Waals surface area contributed by atoms with Gasteiger partial charge in [0.2, 0.25) is 5.91 Å². The molecule has 5 nitrogen and oxygen atoms in total. The first kappa shape index (κ1) is 20.2. The first-order valence-electron chi connectivity index (χ1n) is 9.99. The number of hydrogen-bond donors (Lipinski definition) is 1. The molecular weight excluding hydrogens is 396 g/mol. The highest BCUT2D eigenvalue weighted by molar-refractivity contribution is 7.92. The molecule has 154 valence electrons. The minimum Gasteiger partial charge on any atom is -0.326 e. The van der Waals surface area contributed by atoms with Crippen LogP contribution in [0.5, 0.6) is 0 Å². The lowest BCUT2D eigenvalue weighted by molar-refractivity contribution is -0.117. The van der Waals surface area contributed by atoms with Crippen LogP contribution < -0.4 is 9.62 Å². The minimum atomic E-state index is -3.74. The van der Waals surface area contributed by atoms with Crippen molar-refractivity contribution in [2.45, 2.75) is 30.1 Å². The largest absolute Gasteiger partial charge is 0.326 e. The van der Waals surface area contributed by atoms with E-state index in [2.05, 4.69) is 11.4 Å². The Morgan fingerprint density at radius 3 is 2.50 bits per heavy atom. The minimum absolute atomic E-state index is 0.104. The van der Waals surface area contributed by atoms with E-state index in [0.29, 0.717) is 11.4 Å². The third kappa shape index (κ3) is 3.96. The van der Waals surface area contributed by atoms with Gasteiger partial charge in [0.1, 0.15) is 0 Å². The van der Waals surface area contributed by atoms with Crippen LogP contribution in [0.4, 0.5) is 11.4 Å². The van der Waals surface area contributed by atoms with Crippen molar-refractivity contribution in [3.05, 3.63) is 90.0 Å². The number of hydrogen-bond acceptors (Lipinski definition) is 3. The summed E-state index contributed by atoms with van der Waals surface area (Å²) in [5.74, 6) is -0.324. The van der Waals surface area contributed by atoms with Gasteiger partial charge in [-0.2, -0.15) is 0 Å². The van der Waals surface area contributed by atoms with Crippen LogP contribution in [0, 0.1) is 0 Å². The molecular formula is C24H24N2O3S. The van der Waals surface area contributed by atoms with Gasteiger partial charge in [0.05, 0.1) is 16.5 Å². The van der Waals surface area contributed by atoms with Gasteiger partial charge in [0.25, 0.3) is 10.0 Å². The zero-order valence-corrected chi connectivity index (χ0v) is 17.6. The number of aryl methyl sites for hydroxylation is 1. The number of nitrogens with one attached hydrogen (secondary N) is 1. The van der Waals surface area contributed by atoms with E-state index in [1.165, 1.54) is 23.0 Å². The lowest BCUT2D eigenvalue weighted by Gasteiger charge is -2.25. The van der Waals surface area contributed by atoms with Crippen LogP contribution in [-0.2, 0) is 21.2 Å². The molecule has 0 fully saturated rings. The predicted molar refractivity (Wildman–Crippen MR) is 119 cm³/mol. The van der Waals surface area contributed by atoms with Crippen molar-refractivity contribution in [1.29, 1.82) is 0 Å². The monoisotopic (exact) mass is 420 g/mol. The lowest BCUT2D eigenvalue weighted by atomic mass is 9.82. The molecule has 0 aliphatic heterocycles. The number of fused-ring (bicyclic) bond motifs is 1. The van der Waals surface area contributed by atoms with Crippen LogP contribution in [0.2, 0.25) is 0 Å². The molecule has 0 unspecified atom stereocenters. The number of anilines is 2. The number of carbonyl (C=O) groups excluding carboxylic acids is 1. The van der Waals surface area contributed by atoms with Crippen molar-refractivity contribution < 1.29 is 13.2 Å². The molecule has 1 aliphatic carbocycles. The number of nitrogens with zero attached hydrogens (tertiary/aromatic N) is 1. The summed E-state index contributed by atoms with van der Waals surface area (Å²) in [5, 5.41) is 2.92. The van der Waals surface area contributed by atoms with E-state index in [9.17, 15) is 13.2 Å². The fraction of sp³-hybridized carbons (Fsp3) is 0.208. The third-order valence-corrected chi connectivity index (χ3v) is 7.35. The lowest BCUT2D eigenvalue weighted by Crippen LogP contribution is -2.27. The Morgan fingerprint density at radius 1 is 0.967 bits per heavy atom. The molecule has 0 saturated heterocycles. The van der Waals surface area contributed by atoms with E-state index in [4.69, 9.17) is 0 Å². The fourth-order valence-electron chi connectivity index (χ4n) is 3.92. The smallest absolute Gasteiger partial charge is 0.264 e. The summed E-state index contributed by atoms with van der Waals surface area (Å²) >= 11 is 0. The molecule has 0 spiro atoms. The summed E-state index contributed by atoms with van der Waals surface area (Å²) < 4.78 is 27.3. The summed E-state index contributed by atoms with van der Waals surface area (Å²) in [5.41, 5.74) is 3.33. The molecule has 30 heavy (non-hydrogen) atoms. The molecule has 1 amide bonds. The zero-order chi connectivity index (χ0) is 21.1. The van der Waals surface area contributed by atoms with Gasteiger partial charge in [0.15, 0.2) is 0 Å². The highest BCUT2D eigenvalue weighted by atomic mass is 32.2. The highest BCUT2D eigenvalue weighted by Gasteiger charge is 2.27. The quantitative estimate of drug-likeness (QED) is 0.657. The van der Waals surface area contributed by atoms with Crippen LogP contribution in [0.1, 0.15) is 29.9 Å². The van der Waals surface area contributed by atoms with Crippen molar-refractivity contribution >= 4 is 27.3 Å². The molecule has 1 aliphatic rings. The number of amides is 1. The van der Waals surface area contributed by atoms with Crippen LogP contribution in [0.15, 0.2) is 83.8 Å². The van der Waals surface area contributed by atoms with Gasteiger partial charge in [-0.3, -0.25) is 9.10 Å². The van der Waals surface area contributed by atoms with Gasteiger partial charge >= 0.3 is 0 Å². The first-order valence-corrected chi connectivity index (χ1v) is 11.4. The number of para-hydroxylation sites is 1. The molecule has 1 N–H and O–H groups in total. The Labute approximate surface area is 177 Å². The van der Waals surface area contributed by atoms with Gasteiger partial charge in [-0.25, -0.2) is 8.42 Å². The Hall–Kier alpha value is -3.12. The zero-order valence-electron chi connectivity index (χ0n) is 16.8. The maximum absolute atomic E-state index is 13.0. The van der Waals surface area contributed by atoms with E-state index in [0.717, 1.165) is 24.8 Å². The molecule has 3 aromatic carbocycles. The molecule has 1 atom stereocenters. The Morgan fingerprint density at radius 2 is 1.70 bits per heavy atom. The number of benzene rings is 3. The summed E-state index contributed by atoms with van der Waals surface area (Å²) in [6, 6.07) is 23.4. The molecule has 6 heteroatoms. The van der Waals surface area contributed by atoms with Crippen molar-refractivity contribution in [1.82, 2.24) is 0 Å². The second kappa shape index (κ2) is 8.32. The highest BCUT2D eigenvalue weighted by Crippen LogP contribution is 2.32. The van der Waals surface area contributed by atoms with E-state index >= 15 is 0 Å². The third-order valence-electron chi connectivity index (χ3n) is 5.57. The van der Waals surface area contributed by atoms with E-state index < -0.39 is 10.0 Å². The summed E-state index contributed by atoms with van der Waals surface area (Å²) in [6.07, 6.45) is 2.74. The molecule has 3 aromatic rings. The molecule has 0 bridgehead atoms. The summed E-state index contributed by atoms with van der Waals surface area (Å²) in [7, 11) is -2.22. The van der Waals surface area contributed by atoms with Gasteiger partial charge in [-0.05, 0) is 60.7 Å². The molecule has 0 radical (unpaired) electrons. The van der Waals surface area contributed by atoms with Crippen LogP contribution in [0.25, 0.3) is 0 Å². The van der Waals surface area contributed by atoms with E-state index in [1.54, 1.807) is 42.5 Å². The average Bonchev–Trinajstić information content (AvgIpc) is 2.79. The topological polar surface area (TPSA) is 66.5 Å². The number of carbonyl (C=O) groups is 1. The molecule has 0 aromatic heterocycles. The second-order valence-electron chi connectivity index (χ2n) is 7.47. The maximum Gasteiger partial charge on any atom is 0.264 e. The van der Waals surface area contributed by atoms with Crippen molar-refractivity contribution in [2.75, 3.05) is 16.7 Å². The maximum atomic E-state index is 13.0. The van der Waals surface area contributed by atoms with Crippen LogP contribution >= 0.6 is 0 Å². The van der Waals surface area contributed by atoms with Gasteiger partial charge in [0, 0.05) is 12.7 Å². The fourth-order valence-corrected chi connectivity index (χ4v) is 5.17. The number of sulfonamides is 1. The molecule has 0 heterocycles. The summed E-state index contributed by atoms with van der Waals surface area (Å²) in [6.45, 7) is 0. The Kier molecular flexibility index (Phi) is 5.59.